The molecule has 198 valence electrons. The van der Waals surface area contributed by atoms with Crippen molar-refractivity contribution in [3.8, 4) is 33.4 Å². The summed E-state index contributed by atoms with van der Waals surface area (Å²) in [4.78, 5) is 0. The zero-order valence-electron chi connectivity index (χ0n) is 23.6. The van der Waals surface area contributed by atoms with Crippen LogP contribution in [-0.4, -0.2) is 0 Å². The number of furan rings is 1. The summed E-state index contributed by atoms with van der Waals surface area (Å²) in [6.07, 6.45) is 0. The molecule has 0 bridgehead atoms. The molecule has 0 saturated carbocycles. The van der Waals surface area contributed by atoms with Crippen LogP contribution < -0.4 is 0 Å². The molecule has 0 amide bonds. The Balaban J connectivity index is 1.38. The minimum atomic E-state index is -0.116. The molecule has 0 fully saturated rings. The van der Waals surface area contributed by atoms with Crippen LogP contribution in [0.2, 0.25) is 0 Å². The SMILES string of the molecule is CC1(C)c2ccccc2-c2ccc3oc4ccc(-c5c6ccccc6c(-c6ccccc6)c6ccccc56)cc4c3c21. The van der Waals surface area contributed by atoms with E-state index in [1.165, 1.54) is 76.8 Å². The van der Waals surface area contributed by atoms with Crippen molar-refractivity contribution in [2.75, 3.05) is 0 Å². The Bertz CT molecular complexity index is 2310. The Morgan fingerprint density at radius 1 is 0.452 bits per heavy atom. The molecular formula is C41H28O. The first kappa shape index (κ1) is 23.6. The van der Waals surface area contributed by atoms with Gasteiger partial charge in [-0.25, -0.2) is 0 Å². The van der Waals surface area contributed by atoms with Gasteiger partial charge in [-0.1, -0.05) is 129 Å². The molecule has 0 aliphatic heterocycles. The van der Waals surface area contributed by atoms with Crippen LogP contribution in [0, 0.1) is 0 Å². The first-order valence-corrected chi connectivity index (χ1v) is 14.7. The Morgan fingerprint density at radius 3 is 1.71 bits per heavy atom. The Hall–Kier alpha value is -5.14. The smallest absolute Gasteiger partial charge is 0.135 e. The summed E-state index contributed by atoms with van der Waals surface area (Å²) >= 11 is 0. The zero-order valence-corrected chi connectivity index (χ0v) is 23.6. The van der Waals surface area contributed by atoms with E-state index in [2.05, 4.69) is 147 Å². The average Bonchev–Trinajstić information content (AvgIpc) is 3.51. The maximum Gasteiger partial charge on any atom is 0.135 e. The fraction of sp³-hybridized carbons (Fsp3) is 0.0732. The van der Waals surface area contributed by atoms with E-state index in [4.69, 9.17) is 4.42 Å². The van der Waals surface area contributed by atoms with Gasteiger partial charge in [0.2, 0.25) is 0 Å². The minimum absolute atomic E-state index is 0.116. The van der Waals surface area contributed by atoms with Gasteiger partial charge in [0.1, 0.15) is 11.2 Å². The Labute approximate surface area is 244 Å². The van der Waals surface area contributed by atoms with Gasteiger partial charge in [0.05, 0.1) is 0 Å². The second-order valence-corrected chi connectivity index (χ2v) is 12.1. The van der Waals surface area contributed by atoms with Crippen LogP contribution in [0.3, 0.4) is 0 Å². The summed E-state index contributed by atoms with van der Waals surface area (Å²) in [5, 5.41) is 7.49. The quantitative estimate of drug-likeness (QED) is 0.200. The molecule has 0 atom stereocenters. The van der Waals surface area contributed by atoms with E-state index in [1.54, 1.807) is 0 Å². The maximum absolute atomic E-state index is 6.51. The van der Waals surface area contributed by atoms with E-state index in [9.17, 15) is 0 Å². The van der Waals surface area contributed by atoms with Crippen molar-refractivity contribution in [1.29, 1.82) is 0 Å². The van der Waals surface area contributed by atoms with Gasteiger partial charge in [0.15, 0.2) is 0 Å². The third-order valence-corrected chi connectivity index (χ3v) is 9.43. The molecule has 0 N–H and O–H groups in total. The number of fused-ring (bicyclic) bond motifs is 9. The molecule has 1 aromatic heterocycles. The van der Waals surface area contributed by atoms with E-state index in [-0.39, 0.29) is 5.41 Å². The fourth-order valence-corrected chi connectivity index (χ4v) is 7.65. The molecule has 1 heteroatoms. The first-order chi connectivity index (χ1) is 20.6. The van der Waals surface area contributed by atoms with Crippen LogP contribution in [0.15, 0.2) is 138 Å². The molecule has 1 aliphatic carbocycles. The van der Waals surface area contributed by atoms with Crippen LogP contribution in [0.1, 0.15) is 25.0 Å². The lowest BCUT2D eigenvalue weighted by Crippen LogP contribution is -2.15. The highest BCUT2D eigenvalue weighted by molar-refractivity contribution is 6.22. The van der Waals surface area contributed by atoms with Crippen LogP contribution in [-0.2, 0) is 5.41 Å². The van der Waals surface area contributed by atoms with Crippen LogP contribution >= 0.6 is 0 Å². The fourth-order valence-electron chi connectivity index (χ4n) is 7.65. The third kappa shape index (κ3) is 3.08. The number of hydrogen-bond donors (Lipinski definition) is 0. The summed E-state index contributed by atoms with van der Waals surface area (Å²) in [5.74, 6) is 0. The molecule has 0 saturated heterocycles. The predicted molar refractivity (Wildman–Crippen MR) is 177 cm³/mol. The molecule has 9 rings (SSSR count). The number of hydrogen-bond acceptors (Lipinski definition) is 1. The maximum atomic E-state index is 6.51. The second-order valence-electron chi connectivity index (χ2n) is 12.1. The molecule has 0 unspecified atom stereocenters. The van der Waals surface area contributed by atoms with E-state index in [0.717, 1.165) is 11.2 Å². The zero-order chi connectivity index (χ0) is 28.0. The molecule has 7 aromatic carbocycles. The summed E-state index contributed by atoms with van der Waals surface area (Å²) in [6.45, 7) is 4.70. The van der Waals surface area contributed by atoms with Gasteiger partial charge in [-0.2, -0.15) is 0 Å². The van der Waals surface area contributed by atoms with Crippen molar-refractivity contribution in [2.24, 2.45) is 0 Å². The van der Waals surface area contributed by atoms with E-state index in [0.29, 0.717) is 0 Å². The normalized spacial score (nSPS) is 13.7. The molecule has 8 aromatic rings. The Morgan fingerprint density at radius 2 is 1.02 bits per heavy atom. The van der Waals surface area contributed by atoms with Gasteiger partial charge in [-0.05, 0) is 84.3 Å². The lowest BCUT2D eigenvalue weighted by atomic mass is 9.80. The van der Waals surface area contributed by atoms with E-state index < -0.39 is 0 Å². The van der Waals surface area contributed by atoms with Gasteiger partial charge in [0.25, 0.3) is 0 Å². The monoisotopic (exact) mass is 536 g/mol. The molecule has 1 aliphatic rings. The van der Waals surface area contributed by atoms with Crippen molar-refractivity contribution in [2.45, 2.75) is 19.3 Å². The topological polar surface area (TPSA) is 13.1 Å². The average molecular weight is 537 g/mol. The largest absolute Gasteiger partial charge is 0.456 e. The summed E-state index contributed by atoms with van der Waals surface area (Å²) in [5.41, 5.74) is 12.2. The molecular weight excluding hydrogens is 508 g/mol. The Kier molecular flexibility index (Phi) is 4.73. The molecule has 42 heavy (non-hydrogen) atoms. The van der Waals surface area contributed by atoms with Crippen molar-refractivity contribution < 1.29 is 4.42 Å². The van der Waals surface area contributed by atoms with Crippen molar-refractivity contribution in [3.63, 3.8) is 0 Å². The molecule has 0 radical (unpaired) electrons. The van der Waals surface area contributed by atoms with Gasteiger partial charge in [-0.15, -0.1) is 0 Å². The highest BCUT2D eigenvalue weighted by atomic mass is 16.3. The molecule has 0 spiro atoms. The van der Waals surface area contributed by atoms with E-state index in [1.807, 2.05) is 0 Å². The second kappa shape index (κ2) is 8.44. The number of rotatable bonds is 2. The summed E-state index contributed by atoms with van der Waals surface area (Å²) in [7, 11) is 0. The summed E-state index contributed by atoms with van der Waals surface area (Å²) in [6, 6.07) is 48.5. The van der Waals surface area contributed by atoms with Crippen LogP contribution in [0.25, 0.3) is 76.9 Å². The lowest BCUT2D eigenvalue weighted by Gasteiger charge is -2.22. The first-order valence-electron chi connectivity index (χ1n) is 14.7. The predicted octanol–water partition coefficient (Wildman–Crippen LogP) is 11.5. The third-order valence-electron chi connectivity index (χ3n) is 9.43. The lowest BCUT2D eigenvalue weighted by molar-refractivity contribution is 0.657. The molecule has 1 heterocycles. The molecule has 1 nitrogen and oxygen atoms in total. The number of benzene rings is 7. The van der Waals surface area contributed by atoms with Gasteiger partial charge < -0.3 is 4.42 Å². The standard InChI is InChI=1S/C41H28O/c1-41(2)34-19-11-10-14-27(34)32-21-23-36-39(40(32)41)33-24-26(20-22-35(33)42-36)38-30-17-8-6-15-28(30)37(25-12-4-3-5-13-25)29-16-7-9-18-31(29)38/h3-24H,1-2H3. The van der Waals surface area contributed by atoms with Gasteiger partial charge in [0, 0.05) is 16.2 Å². The van der Waals surface area contributed by atoms with Crippen molar-refractivity contribution >= 4 is 43.5 Å². The van der Waals surface area contributed by atoms with Crippen LogP contribution in [0.4, 0.5) is 0 Å². The highest BCUT2D eigenvalue weighted by Crippen LogP contribution is 2.53. The van der Waals surface area contributed by atoms with Gasteiger partial charge in [-0.3, -0.25) is 0 Å². The summed E-state index contributed by atoms with van der Waals surface area (Å²) < 4.78 is 6.51. The van der Waals surface area contributed by atoms with E-state index >= 15 is 0 Å². The van der Waals surface area contributed by atoms with Crippen molar-refractivity contribution in [1.82, 2.24) is 0 Å². The minimum Gasteiger partial charge on any atom is -0.456 e. The van der Waals surface area contributed by atoms with Crippen LogP contribution in [0.5, 0.6) is 0 Å². The van der Waals surface area contributed by atoms with Gasteiger partial charge >= 0.3 is 0 Å². The highest BCUT2D eigenvalue weighted by Gasteiger charge is 2.37. The van der Waals surface area contributed by atoms with Crippen molar-refractivity contribution in [3.05, 3.63) is 145 Å².